The highest BCUT2D eigenvalue weighted by Gasteiger charge is 2.33. The predicted molar refractivity (Wildman–Crippen MR) is 86.7 cm³/mol. The molecule has 0 aromatic heterocycles. The lowest BCUT2D eigenvalue weighted by atomic mass is 9.99. The van der Waals surface area contributed by atoms with Crippen molar-refractivity contribution in [1.29, 1.82) is 0 Å². The second kappa shape index (κ2) is 7.25. The first-order chi connectivity index (χ1) is 10.8. The molecule has 1 aliphatic rings. The van der Waals surface area contributed by atoms with Crippen molar-refractivity contribution >= 4 is 39.2 Å². The Morgan fingerprint density at radius 1 is 1.30 bits per heavy atom. The Hall–Kier alpha value is -1.02. The molecule has 1 aliphatic heterocycles. The van der Waals surface area contributed by atoms with Crippen LogP contribution in [-0.2, 0) is 14.8 Å². The number of benzene rings is 1. The molecule has 9 heteroatoms. The molecule has 128 valence electrons. The van der Waals surface area contributed by atoms with Crippen LogP contribution in [-0.4, -0.2) is 43.5 Å². The van der Waals surface area contributed by atoms with E-state index in [1.807, 2.05) is 0 Å². The number of hydrogen-bond donors (Lipinski definition) is 1. The van der Waals surface area contributed by atoms with E-state index in [1.165, 1.54) is 16.4 Å². The highest BCUT2D eigenvalue weighted by molar-refractivity contribution is 7.89. The molecule has 6 nitrogen and oxygen atoms in total. The Balaban J connectivity index is 2.27. The molecule has 2 rings (SSSR count). The first-order valence-corrected chi connectivity index (χ1v) is 9.31. The minimum atomic E-state index is -3.83. The Morgan fingerprint density at radius 2 is 1.91 bits per heavy atom. The van der Waals surface area contributed by atoms with E-state index in [0.717, 1.165) is 0 Å². The van der Waals surface area contributed by atoms with Crippen LogP contribution in [0.15, 0.2) is 17.0 Å². The zero-order valence-electron chi connectivity index (χ0n) is 12.5. The van der Waals surface area contributed by atoms with Crippen LogP contribution in [0.3, 0.4) is 0 Å². The number of nitrogens with zero attached hydrogens (tertiary/aromatic N) is 1. The molecule has 1 N–H and O–H groups in total. The molecule has 1 heterocycles. The molecule has 23 heavy (non-hydrogen) atoms. The first kappa shape index (κ1) is 18.3. The number of aliphatic carboxylic acids is 1. The maximum absolute atomic E-state index is 12.7. The molecular formula is C14H17Cl2NO5S. The summed E-state index contributed by atoms with van der Waals surface area (Å²) < 4.78 is 31.9. The molecule has 1 saturated heterocycles. The van der Waals surface area contributed by atoms with E-state index < -0.39 is 21.9 Å². The van der Waals surface area contributed by atoms with Crippen LogP contribution in [0.5, 0.6) is 5.75 Å². The van der Waals surface area contributed by atoms with E-state index >= 15 is 0 Å². The maximum Gasteiger partial charge on any atom is 0.306 e. The van der Waals surface area contributed by atoms with Gasteiger partial charge in [0, 0.05) is 19.2 Å². The lowest BCUT2D eigenvalue weighted by Gasteiger charge is -2.29. The van der Waals surface area contributed by atoms with Crippen molar-refractivity contribution < 1.29 is 23.1 Å². The van der Waals surface area contributed by atoms with E-state index in [0.29, 0.717) is 12.4 Å². The van der Waals surface area contributed by atoms with Gasteiger partial charge in [-0.3, -0.25) is 4.79 Å². The Labute approximate surface area is 145 Å². The van der Waals surface area contributed by atoms with Crippen molar-refractivity contribution in [2.24, 2.45) is 5.92 Å². The van der Waals surface area contributed by atoms with Gasteiger partial charge in [-0.15, -0.1) is 0 Å². The smallest absolute Gasteiger partial charge is 0.306 e. The molecule has 0 aliphatic carbocycles. The van der Waals surface area contributed by atoms with Crippen LogP contribution in [0.1, 0.15) is 19.8 Å². The topological polar surface area (TPSA) is 83.9 Å². The van der Waals surface area contributed by atoms with Gasteiger partial charge in [0.2, 0.25) is 10.0 Å². The fourth-order valence-corrected chi connectivity index (χ4v) is 4.73. The van der Waals surface area contributed by atoms with Crippen LogP contribution in [0.4, 0.5) is 0 Å². The summed E-state index contributed by atoms with van der Waals surface area (Å²) >= 11 is 12.1. The van der Waals surface area contributed by atoms with Gasteiger partial charge in [0.15, 0.2) is 0 Å². The summed E-state index contributed by atoms with van der Waals surface area (Å²) in [5, 5.41) is 9.17. The van der Waals surface area contributed by atoms with Crippen molar-refractivity contribution in [2.75, 3.05) is 19.7 Å². The third-order valence-electron chi connectivity index (χ3n) is 3.71. The Kier molecular flexibility index (Phi) is 5.78. The van der Waals surface area contributed by atoms with E-state index in [1.54, 1.807) is 6.92 Å². The van der Waals surface area contributed by atoms with E-state index in [9.17, 15) is 13.2 Å². The number of rotatable bonds is 5. The molecule has 0 unspecified atom stereocenters. The van der Waals surface area contributed by atoms with Gasteiger partial charge in [0.05, 0.1) is 22.6 Å². The van der Waals surface area contributed by atoms with Crippen LogP contribution >= 0.6 is 23.2 Å². The number of halogens is 2. The number of carboxylic acid groups (broad SMARTS) is 1. The summed E-state index contributed by atoms with van der Waals surface area (Å²) in [7, 11) is -3.83. The molecule has 0 amide bonds. The summed E-state index contributed by atoms with van der Waals surface area (Å²) in [6.07, 6.45) is 0.549. The van der Waals surface area contributed by atoms with Gasteiger partial charge in [-0.1, -0.05) is 23.2 Å². The van der Waals surface area contributed by atoms with Crippen molar-refractivity contribution in [3.8, 4) is 5.75 Å². The second-order valence-corrected chi connectivity index (χ2v) is 7.88. The number of ether oxygens (including phenoxy) is 1. The average molecular weight is 382 g/mol. The zero-order valence-corrected chi connectivity index (χ0v) is 14.8. The molecule has 0 bridgehead atoms. The molecule has 1 fully saturated rings. The molecule has 1 aromatic carbocycles. The van der Waals surface area contributed by atoms with Crippen LogP contribution in [0.25, 0.3) is 0 Å². The SMILES string of the molecule is CCOc1cc(Cl)c(S(=O)(=O)N2CCC(C(=O)O)CC2)cc1Cl. The highest BCUT2D eigenvalue weighted by atomic mass is 35.5. The fourth-order valence-electron chi connectivity index (χ4n) is 2.46. The van der Waals surface area contributed by atoms with Crippen LogP contribution in [0.2, 0.25) is 10.0 Å². The highest BCUT2D eigenvalue weighted by Crippen LogP contribution is 2.35. The van der Waals surface area contributed by atoms with Crippen LogP contribution < -0.4 is 4.74 Å². The summed E-state index contributed by atoms with van der Waals surface area (Å²) in [4.78, 5) is 10.9. The van der Waals surface area contributed by atoms with Gasteiger partial charge in [0.25, 0.3) is 0 Å². The fraction of sp³-hybridized carbons (Fsp3) is 0.500. The van der Waals surface area contributed by atoms with Crippen molar-refractivity contribution in [3.05, 3.63) is 22.2 Å². The zero-order chi connectivity index (χ0) is 17.2. The molecular weight excluding hydrogens is 365 g/mol. The Morgan fingerprint density at radius 3 is 2.43 bits per heavy atom. The van der Waals surface area contributed by atoms with Gasteiger partial charge < -0.3 is 9.84 Å². The number of sulfonamides is 1. The van der Waals surface area contributed by atoms with Crippen molar-refractivity contribution in [2.45, 2.75) is 24.7 Å². The molecule has 0 spiro atoms. The van der Waals surface area contributed by atoms with E-state index in [-0.39, 0.29) is 40.9 Å². The quantitative estimate of drug-likeness (QED) is 0.847. The number of carbonyl (C=O) groups is 1. The third-order valence-corrected chi connectivity index (χ3v) is 6.37. The normalized spacial score (nSPS) is 17.2. The van der Waals surface area contributed by atoms with Crippen molar-refractivity contribution in [3.63, 3.8) is 0 Å². The standard InChI is InChI=1S/C14H17Cl2NO5S/c1-2-22-12-7-11(16)13(8-10(12)15)23(20,21)17-5-3-9(4-6-17)14(18)19/h7-9H,2-6H2,1H3,(H,18,19). The largest absolute Gasteiger partial charge is 0.492 e. The second-order valence-electron chi connectivity index (χ2n) is 5.16. The molecule has 0 saturated carbocycles. The van der Waals surface area contributed by atoms with Crippen molar-refractivity contribution in [1.82, 2.24) is 4.31 Å². The summed E-state index contributed by atoms with van der Waals surface area (Å²) in [6.45, 7) is 2.44. The van der Waals surface area contributed by atoms with Gasteiger partial charge in [0.1, 0.15) is 10.6 Å². The lowest BCUT2D eigenvalue weighted by molar-refractivity contribution is -0.142. The molecule has 0 atom stereocenters. The third kappa shape index (κ3) is 3.91. The van der Waals surface area contributed by atoms with E-state index in [2.05, 4.69) is 0 Å². The Bertz CT molecular complexity index is 699. The first-order valence-electron chi connectivity index (χ1n) is 7.12. The summed E-state index contributed by atoms with van der Waals surface area (Å²) in [5.41, 5.74) is 0. The molecule has 0 radical (unpaired) electrons. The monoisotopic (exact) mass is 381 g/mol. The summed E-state index contributed by atoms with van der Waals surface area (Å²) in [6, 6.07) is 2.65. The average Bonchev–Trinajstić information content (AvgIpc) is 2.50. The number of piperidine rings is 1. The predicted octanol–water partition coefficient (Wildman–Crippen LogP) is 2.88. The molecule has 1 aromatic rings. The van der Waals surface area contributed by atoms with Crippen LogP contribution in [0, 0.1) is 5.92 Å². The maximum atomic E-state index is 12.7. The summed E-state index contributed by atoms with van der Waals surface area (Å²) in [5.74, 6) is -1.09. The lowest BCUT2D eigenvalue weighted by Crippen LogP contribution is -2.40. The van der Waals surface area contributed by atoms with Gasteiger partial charge in [-0.2, -0.15) is 4.31 Å². The minimum Gasteiger partial charge on any atom is -0.492 e. The van der Waals surface area contributed by atoms with E-state index in [4.69, 9.17) is 33.0 Å². The minimum absolute atomic E-state index is 0.0261. The van der Waals surface area contributed by atoms with Gasteiger partial charge >= 0.3 is 5.97 Å². The van der Waals surface area contributed by atoms with Gasteiger partial charge in [-0.25, -0.2) is 8.42 Å². The van der Waals surface area contributed by atoms with Gasteiger partial charge in [-0.05, 0) is 25.8 Å². The number of carboxylic acids is 1. The number of hydrogen-bond acceptors (Lipinski definition) is 4.